The summed E-state index contributed by atoms with van der Waals surface area (Å²) in [5.74, 6) is 0.974. The topological polar surface area (TPSA) is 72.3 Å². The van der Waals surface area contributed by atoms with Crippen molar-refractivity contribution in [3.8, 4) is 0 Å². The summed E-state index contributed by atoms with van der Waals surface area (Å²) in [5, 5.41) is 0. The van der Waals surface area contributed by atoms with Crippen molar-refractivity contribution in [1.29, 1.82) is 0 Å². The van der Waals surface area contributed by atoms with Crippen LogP contribution in [0.15, 0.2) is 0 Å². The summed E-state index contributed by atoms with van der Waals surface area (Å²) in [6.45, 7) is 11.2. The van der Waals surface area contributed by atoms with Gasteiger partial charge in [0.2, 0.25) is 5.91 Å². The van der Waals surface area contributed by atoms with Crippen LogP contribution in [0.1, 0.15) is 59.8 Å². The molecule has 0 aromatic rings. The molecule has 1 saturated carbocycles. The highest BCUT2D eigenvalue weighted by Gasteiger charge is 2.38. The third-order valence-electron chi connectivity index (χ3n) is 5.11. The molecule has 0 spiro atoms. The van der Waals surface area contributed by atoms with Gasteiger partial charge >= 0.3 is 0 Å². The van der Waals surface area contributed by atoms with E-state index >= 15 is 0 Å². The molecule has 1 aliphatic rings. The van der Waals surface area contributed by atoms with E-state index in [2.05, 4.69) is 32.6 Å². The predicted molar refractivity (Wildman–Crippen MR) is 88.8 cm³/mol. The summed E-state index contributed by atoms with van der Waals surface area (Å²) in [5.41, 5.74) is 11.8. The molecular formula is C17H35N3O. The van der Waals surface area contributed by atoms with E-state index in [9.17, 15) is 4.79 Å². The van der Waals surface area contributed by atoms with Crippen molar-refractivity contribution in [2.45, 2.75) is 65.8 Å². The van der Waals surface area contributed by atoms with Crippen LogP contribution < -0.4 is 11.5 Å². The molecule has 1 aliphatic carbocycles. The van der Waals surface area contributed by atoms with Gasteiger partial charge < -0.3 is 11.5 Å². The Hall–Kier alpha value is -0.610. The van der Waals surface area contributed by atoms with E-state index in [0.717, 1.165) is 25.8 Å². The van der Waals surface area contributed by atoms with Gasteiger partial charge in [0.1, 0.15) is 0 Å². The molecule has 0 saturated heterocycles. The number of nitrogens with zero attached hydrogens (tertiary/aromatic N) is 1. The summed E-state index contributed by atoms with van der Waals surface area (Å²) in [4.78, 5) is 13.7. The third-order valence-corrected chi connectivity index (χ3v) is 5.11. The van der Waals surface area contributed by atoms with E-state index in [4.69, 9.17) is 11.5 Å². The molecule has 0 aromatic heterocycles. The molecule has 4 heteroatoms. The fourth-order valence-corrected chi connectivity index (χ4v) is 3.64. The summed E-state index contributed by atoms with van der Waals surface area (Å²) in [7, 11) is 0. The Bertz CT molecular complexity index is 324. The van der Waals surface area contributed by atoms with Crippen LogP contribution in [0.5, 0.6) is 0 Å². The molecule has 1 rings (SSSR count). The monoisotopic (exact) mass is 297 g/mol. The molecule has 124 valence electrons. The lowest BCUT2D eigenvalue weighted by Crippen LogP contribution is -2.51. The van der Waals surface area contributed by atoms with Crippen LogP contribution in [0.3, 0.4) is 0 Å². The molecule has 0 aromatic carbocycles. The molecule has 1 fully saturated rings. The van der Waals surface area contributed by atoms with Gasteiger partial charge in [-0.25, -0.2) is 0 Å². The zero-order chi connectivity index (χ0) is 16.0. The van der Waals surface area contributed by atoms with Gasteiger partial charge in [-0.1, -0.05) is 34.1 Å². The van der Waals surface area contributed by atoms with E-state index in [1.165, 1.54) is 12.8 Å². The summed E-state index contributed by atoms with van der Waals surface area (Å²) < 4.78 is 0. The number of unbranched alkanes of at least 4 members (excludes halogenated alkanes) is 1. The van der Waals surface area contributed by atoms with Crippen molar-refractivity contribution < 1.29 is 4.79 Å². The van der Waals surface area contributed by atoms with Crippen LogP contribution in [-0.2, 0) is 4.79 Å². The summed E-state index contributed by atoms with van der Waals surface area (Å²) >= 11 is 0. The van der Waals surface area contributed by atoms with E-state index in [-0.39, 0.29) is 5.91 Å². The Kier molecular flexibility index (Phi) is 7.14. The number of primary amides is 1. The fraction of sp³-hybridized carbons (Fsp3) is 0.941. The maximum atomic E-state index is 11.4. The van der Waals surface area contributed by atoms with Gasteiger partial charge in [-0.2, -0.15) is 0 Å². The van der Waals surface area contributed by atoms with Gasteiger partial charge in [-0.05, 0) is 56.0 Å². The Morgan fingerprint density at radius 1 is 1.29 bits per heavy atom. The first-order valence-electron chi connectivity index (χ1n) is 8.52. The number of hydrogen-bond donors (Lipinski definition) is 2. The minimum absolute atomic E-state index is 0.222. The fourth-order valence-electron chi connectivity index (χ4n) is 3.64. The average Bonchev–Trinajstić information content (AvgIpc) is 2.41. The first-order chi connectivity index (χ1) is 9.79. The maximum absolute atomic E-state index is 11.4. The van der Waals surface area contributed by atoms with Crippen LogP contribution in [0.25, 0.3) is 0 Å². The van der Waals surface area contributed by atoms with Crippen molar-refractivity contribution >= 4 is 5.91 Å². The number of hydrogen-bond acceptors (Lipinski definition) is 3. The molecule has 0 radical (unpaired) electrons. The van der Waals surface area contributed by atoms with Crippen molar-refractivity contribution in [2.75, 3.05) is 19.6 Å². The molecule has 1 amide bonds. The second-order valence-corrected chi connectivity index (χ2v) is 7.73. The number of amides is 1. The van der Waals surface area contributed by atoms with E-state index in [0.29, 0.717) is 36.4 Å². The number of rotatable bonds is 7. The number of carbonyl (C=O) groups excluding carboxylic acids is 1. The molecule has 3 unspecified atom stereocenters. The molecule has 3 atom stereocenters. The van der Waals surface area contributed by atoms with Crippen molar-refractivity contribution in [1.82, 2.24) is 4.90 Å². The van der Waals surface area contributed by atoms with Crippen LogP contribution >= 0.6 is 0 Å². The standard InChI is InChI=1S/C17H35N3O/c1-5-6-9-20(12-16(19)21)15-10-14(17(2,3)4)8-7-13(15)11-18/h13-15H,5-12,18H2,1-4H3,(H2,19,21). The molecule has 0 aliphatic heterocycles. The lowest BCUT2D eigenvalue weighted by molar-refractivity contribution is -0.120. The van der Waals surface area contributed by atoms with Gasteiger partial charge in [-0.3, -0.25) is 9.69 Å². The third kappa shape index (κ3) is 5.59. The Morgan fingerprint density at radius 2 is 1.95 bits per heavy atom. The van der Waals surface area contributed by atoms with Gasteiger partial charge in [0.05, 0.1) is 6.54 Å². The van der Waals surface area contributed by atoms with Crippen molar-refractivity contribution in [3.63, 3.8) is 0 Å². The van der Waals surface area contributed by atoms with Gasteiger partial charge in [0, 0.05) is 6.04 Å². The van der Waals surface area contributed by atoms with E-state index in [1.54, 1.807) is 0 Å². The van der Waals surface area contributed by atoms with Gasteiger partial charge in [-0.15, -0.1) is 0 Å². The van der Waals surface area contributed by atoms with Gasteiger partial charge in [0.15, 0.2) is 0 Å². The van der Waals surface area contributed by atoms with Crippen molar-refractivity contribution in [3.05, 3.63) is 0 Å². The highest BCUT2D eigenvalue weighted by atomic mass is 16.1. The minimum Gasteiger partial charge on any atom is -0.369 e. The lowest BCUT2D eigenvalue weighted by atomic mass is 9.67. The smallest absolute Gasteiger partial charge is 0.231 e. The largest absolute Gasteiger partial charge is 0.369 e. The van der Waals surface area contributed by atoms with Crippen LogP contribution in [0.4, 0.5) is 0 Å². The van der Waals surface area contributed by atoms with E-state index < -0.39 is 0 Å². The SMILES string of the molecule is CCCCN(CC(N)=O)C1CC(C(C)(C)C)CCC1CN. The van der Waals surface area contributed by atoms with Crippen molar-refractivity contribution in [2.24, 2.45) is 28.7 Å². The lowest BCUT2D eigenvalue weighted by Gasteiger charge is -2.46. The first-order valence-corrected chi connectivity index (χ1v) is 8.52. The van der Waals surface area contributed by atoms with E-state index in [1.807, 2.05) is 0 Å². The second kappa shape index (κ2) is 8.14. The highest BCUT2D eigenvalue weighted by molar-refractivity contribution is 5.75. The minimum atomic E-state index is -0.222. The van der Waals surface area contributed by atoms with Gasteiger partial charge in [0.25, 0.3) is 0 Å². The first kappa shape index (κ1) is 18.4. The maximum Gasteiger partial charge on any atom is 0.231 e. The zero-order valence-electron chi connectivity index (χ0n) is 14.4. The van der Waals surface area contributed by atoms with Crippen LogP contribution in [0, 0.1) is 17.3 Å². The predicted octanol–water partition coefficient (Wildman–Crippen LogP) is 2.36. The molecule has 21 heavy (non-hydrogen) atoms. The molecular weight excluding hydrogens is 262 g/mol. The quantitative estimate of drug-likeness (QED) is 0.757. The molecule has 4 nitrogen and oxygen atoms in total. The number of nitrogens with two attached hydrogens (primary N) is 2. The Labute approximate surface area is 130 Å². The van der Waals surface area contributed by atoms with Crippen LogP contribution in [0.2, 0.25) is 0 Å². The normalized spacial score (nSPS) is 27.0. The van der Waals surface area contributed by atoms with Crippen LogP contribution in [-0.4, -0.2) is 36.5 Å². The summed E-state index contributed by atoms with van der Waals surface area (Å²) in [6, 6.07) is 0.409. The number of carbonyl (C=O) groups is 1. The average molecular weight is 297 g/mol. The molecule has 0 heterocycles. The Morgan fingerprint density at radius 3 is 2.43 bits per heavy atom. The Balaban J connectivity index is 2.84. The molecule has 0 bridgehead atoms. The zero-order valence-corrected chi connectivity index (χ0v) is 14.4. The summed E-state index contributed by atoms with van der Waals surface area (Å²) in [6.07, 6.45) is 5.81. The second-order valence-electron chi connectivity index (χ2n) is 7.73. The highest BCUT2D eigenvalue weighted by Crippen LogP contribution is 2.41. The molecule has 4 N–H and O–H groups in total.